The van der Waals surface area contributed by atoms with Crippen molar-refractivity contribution in [2.24, 2.45) is 0 Å². The number of aromatic nitrogens is 1. The highest BCUT2D eigenvalue weighted by atomic mass is 32.1. The molecule has 23 heavy (non-hydrogen) atoms. The van der Waals surface area contributed by atoms with E-state index in [0.717, 1.165) is 0 Å². The molecule has 0 bridgehead atoms. The van der Waals surface area contributed by atoms with Gasteiger partial charge in [0, 0.05) is 24.3 Å². The van der Waals surface area contributed by atoms with Crippen LogP contribution in [0, 0.1) is 5.82 Å². The van der Waals surface area contributed by atoms with E-state index in [4.69, 9.17) is 4.74 Å². The van der Waals surface area contributed by atoms with E-state index in [-0.39, 0.29) is 30.0 Å². The molecule has 120 valence electrons. The SMILES string of the molecule is CC(=O)Nc1nc(COc2ccc(F)c3c2C(=O)C[C@@H]3C)cs1. The molecule has 2 aromatic rings. The lowest BCUT2D eigenvalue weighted by atomic mass is 10.0. The number of ether oxygens (including phenoxy) is 1. The number of nitrogens with one attached hydrogen (secondary N) is 1. The van der Waals surface area contributed by atoms with Gasteiger partial charge >= 0.3 is 0 Å². The van der Waals surface area contributed by atoms with Gasteiger partial charge in [-0.05, 0) is 18.1 Å². The van der Waals surface area contributed by atoms with Crippen LogP contribution in [0.1, 0.15) is 47.8 Å². The molecule has 0 saturated heterocycles. The van der Waals surface area contributed by atoms with E-state index < -0.39 is 0 Å². The number of carbonyl (C=O) groups is 2. The van der Waals surface area contributed by atoms with Gasteiger partial charge in [0.25, 0.3) is 0 Å². The Bertz CT molecular complexity index is 788. The summed E-state index contributed by atoms with van der Waals surface area (Å²) in [5.74, 6) is -0.411. The van der Waals surface area contributed by atoms with Gasteiger partial charge in [-0.2, -0.15) is 0 Å². The van der Waals surface area contributed by atoms with E-state index >= 15 is 0 Å². The van der Waals surface area contributed by atoms with Crippen molar-refractivity contribution in [1.82, 2.24) is 4.98 Å². The van der Waals surface area contributed by atoms with Crippen LogP contribution in [0.3, 0.4) is 0 Å². The molecule has 0 radical (unpaired) electrons. The molecule has 1 heterocycles. The van der Waals surface area contributed by atoms with Crippen LogP contribution in [0.25, 0.3) is 0 Å². The maximum absolute atomic E-state index is 13.9. The number of rotatable bonds is 4. The minimum absolute atomic E-state index is 0.0980. The Kier molecular flexibility index (Phi) is 4.12. The fraction of sp³-hybridized carbons (Fsp3) is 0.312. The van der Waals surface area contributed by atoms with Crippen molar-refractivity contribution >= 4 is 28.2 Å². The fourth-order valence-corrected chi connectivity index (χ4v) is 3.42. The van der Waals surface area contributed by atoms with Crippen molar-refractivity contribution in [1.29, 1.82) is 0 Å². The van der Waals surface area contributed by atoms with Crippen molar-refractivity contribution in [3.63, 3.8) is 0 Å². The average molecular weight is 334 g/mol. The second-order valence-corrected chi connectivity index (χ2v) is 6.33. The lowest BCUT2D eigenvalue weighted by Crippen LogP contribution is -2.06. The van der Waals surface area contributed by atoms with Crippen LogP contribution < -0.4 is 10.1 Å². The highest BCUT2D eigenvalue weighted by Gasteiger charge is 2.32. The van der Waals surface area contributed by atoms with Crippen molar-refractivity contribution < 1.29 is 18.7 Å². The molecule has 5 nitrogen and oxygen atoms in total. The summed E-state index contributed by atoms with van der Waals surface area (Å²) in [4.78, 5) is 27.3. The van der Waals surface area contributed by atoms with E-state index in [2.05, 4.69) is 10.3 Å². The molecule has 0 fully saturated rings. The van der Waals surface area contributed by atoms with Gasteiger partial charge in [0.1, 0.15) is 18.2 Å². The van der Waals surface area contributed by atoms with E-state index in [9.17, 15) is 14.0 Å². The van der Waals surface area contributed by atoms with Gasteiger partial charge in [0.2, 0.25) is 5.91 Å². The van der Waals surface area contributed by atoms with Crippen LogP contribution in [0.4, 0.5) is 9.52 Å². The maximum atomic E-state index is 13.9. The maximum Gasteiger partial charge on any atom is 0.223 e. The third-order valence-electron chi connectivity index (χ3n) is 3.63. The molecule has 1 aliphatic rings. The van der Waals surface area contributed by atoms with Crippen LogP contribution in [-0.2, 0) is 11.4 Å². The Balaban J connectivity index is 1.78. The molecule has 1 aliphatic carbocycles. The summed E-state index contributed by atoms with van der Waals surface area (Å²) in [6, 6.07) is 2.80. The quantitative estimate of drug-likeness (QED) is 0.929. The third kappa shape index (κ3) is 3.10. The van der Waals surface area contributed by atoms with Gasteiger partial charge in [0.15, 0.2) is 10.9 Å². The van der Waals surface area contributed by atoms with Gasteiger partial charge in [-0.15, -0.1) is 11.3 Å². The first-order valence-corrected chi connectivity index (χ1v) is 8.04. The first kappa shape index (κ1) is 15.6. The summed E-state index contributed by atoms with van der Waals surface area (Å²) in [5, 5.41) is 4.85. The molecular formula is C16H15FN2O3S. The summed E-state index contributed by atoms with van der Waals surface area (Å²) in [7, 11) is 0. The molecule has 0 aliphatic heterocycles. The second-order valence-electron chi connectivity index (χ2n) is 5.48. The number of hydrogen-bond acceptors (Lipinski definition) is 5. The van der Waals surface area contributed by atoms with E-state index in [1.165, 1.54) is 30.4 Å². The molecule has 1 atom stereocenters. The Morgan fingerprint density at radius 2 is 2.30 bits per heavy atom. The van der Waals surface area contributed by atoms with E-state index in [1.807, 2.05) is 6.92 Å². The first-order chi connectivity index (χ1) is 11.0. The molecular weight excluding hydrogens is 319 g/mol. The largest absolute Gasteiger partial charge is 0.486 e. The van der Waals surface area contributed by atoms with Crippen molar-refractivity contribution in [3.05, 3.63) is 40.2 Å². The number of amides is 1. The third-order valence-corrected chi connectivity index (χ3v) is 4.43. The Morgan fingerprint density at radius 3 is 3.04 bits per heavy atom. The predicted molar refractivity (Wildman–Crippen MR) is 84.5 cm³/mol. The molecule has 3 rings (SSSR count). The van der Waals surface area contributed by atoms with Gasteiger partial charge < -0.3 is 10.1 Å². The van der Waals surface area contributed by atoms with Crippen LogP contribution in [0.5, 0.6) is 5.75 Å². The number of nitrogens with zero attached hydrogens (tertiary/aromatic N) is 1. The summed E-state index contributed by atoms with van der Waals surface area (Å²) < 4.78 is 19.6. The number of thiazole rings is 1. The molecule has 1 aromatic heterocycles. The van der Waals surface area contributed by atoms with Gasteiger partial charge in [0.05, 0.1) is 11.3 Å². The number of ketones is 1. The first-order valence-electron chi connectivity index (χ1n) is 7.16. The van der Waals surface area contributed by atoms with Crippen molar-refractivity contribution in [3.8, 4) is 5.75 Å². The van der Waals surface area contributed by atoms with Gasteiger partial charge in [-0.25, -0.2) is 9.37 Å². The van der Waals surface area contributed by atoms with E-state index in [1.54, 1.807) is 5.38 Å². The second kappa shape index (κ2) is 6.08. The predicted octanol–water partition coefficient (Wildman–Crippen LogP) is 3.51. The highest BCUT2D eigenvalue weighted by molar-refractivity contribution is 7.13. The van der Waals surface area contributed by atoms with Gasteiger partial charge in [-0.3, -0.25) is 9.59 Å². The topological polar surface area (TPSA) is 68.3 Å². The van der Waals surface area contributed by atoms with Crippen molar-refractivity contribution in [2.75, 3.05) is 5.32 Å². The van der Waals surface area contributed by atoms with Crippen molar-refractivity contribution in [2.45, 2.75) is 32.8 Å². The van der Waals surface area contributed by atoms with Crippen LogP contribution in [0.2, 0.25) is 0 Å². The summed E-state index contributed by atoms with van der Waals surface area (Å²) in [6.07, 6.45) is 0.302. The zero-order chi connectivity index (χ0) is 16.6. The average Bonchev–Trinajstić information content (AvgIpc) is 3.03. The summed E-state index contributed by atoms with van der Waals surface area (Å²) in [6.45, 7) is 3.39. The molecule has 7 heteroatoms. The fourth-order valence-electron chi connectivity index (χ4n) is 2.68. The molecule has 0 spiro atoms. The number of fused-ring (bicyclic) bond motifs is 1. The molecule has 1 amide bonds. The monoisotopic (exact) mass is 334 g/mol. The molecule has 0 unspecified atom stereocenters. The standard InChI is InChI=1S/C16H15FN2O3S/c1-8-5-12(21)15-13(4-3-11(17)14(8)15)22-6-10-7-23-16(19-10)18-9(2)20/h3-4,7-8H,5-6H2,1-2H3,(H,18,19,20)/t8-/m0/s1. The minimum atomic E-state index is -0.368. The summed E-state index contributed by atoms with van der Waals surface area (Å²) >= 11 is 1.29. The highest BCUT2D eigenvalue weighted by Crippen LogP contribution is 2.40. The lowest BCUT2D eigenvalue weighted by molar-refractivity contribution is -0.114. The normalized spacial score (nSPS) is 16.3. The zero-order valence-electron chi connectivity index (χ0n) is 12.7. The smallest absolute Gasteiger partial charge is 0.223 e. The minimum Gasteiger partial charge on any atom is -0.486 e. The number of halogens is 1. The Hall–Kier alpha value is -2.28. The molecule has 1 N–H and O–H groups in total. The van der Waals surface area contributed by atoms with Gasteiger partial charge in [-0.1, -0.05) is 6.92 Å². The number of carbonyl (C=O) groups excluding carboxylic acids is 2. The number of Topliss-reactive ketones (excluding diaryl/α,β-unsaturated/α-hetero) is 1. The van der Waals surface area contributed by atoms with Crippen LogP contribution in [-0.4, -0.2) is 16.7 Å². The van der Waals surface area contributed by atoms with E-state index in [0.29, 0.717) is 34.1 Å². The molecule has 0 saturated carbocycles. The number of benzene rings is 1. The summed E-state index contributed by atoms with van der Waals surface area (Å²) in [5.41, 5.74) is 1.41. The number of anilines is 1. The number of hydrogen-bond donors (Lipinski definition) is 1. The molecule has 1 aromatic carbocycles. The van der Waals surface area contributed by atoms with Crippen LogP contribution in [0.15, 0.2) is 17.5 Å². The Labute approximate surface area is 136 Å². The Morgan fingerprint density at radius 1 is 1.52 bits per heavy atom. The lowest BCUT2D eigenvalue weighted by Gasteiger charge is -2.11. The zero-order valence-corrected chi connectivity index (χ0v) is 13.5. The van der Waals surface area contributed by atoms with Crippen LogP contribution >= 0.6 is 11.3 Å².